The summed E-state index contributed by atoms with van der Waals surface area (Å²) in [5.74, 6) is -1.48. The Hall–Kier alpha value is -2.04. The number of rotatable bonds is 6. The zero-order valence-corrected chi connectivity index (χ0v) is 12.1. The SMILES string of the molecule is CCC(CC)(CNC(=O)c1ccc(C)cc1O)C(=O)O. The molecule has 1 rings (SSSR count). The van der Waals surface area contributed by atoms with Crippen LogP contribution in [-0.2, 0) is 4.79 Å². The number of phenolic OH excluding ortho intramolecular Hbond substituents is 1. The molecule has 0 heterocycles. The van der Waals surface area contributed by atoms with E-state index in [1.807, 2.05) is 6.92 Å². The van der Waals surface area contributed by atoms with E-state index < -0.39 is 17.3 Å². The molecule has 0 saturated heterocycles. The van der Waals surface area contributed by atoms with Crippen LogP contribution in [0.1, 0.15) is 42.6 Å². The average molecular weight is 279 g/mol. The van der Waals surface area contributed by atoms with Crippen molar-refractivity contribution in [1.29, 1.82) is 0 Å². The predicted octanol–water partition coefficient (Wildman–Crippen LogP) is 2.32. The summed E-state index contributed by atoms with van der Waals surface area (Å²) in [6, 6.07) is 4.75. The number of amides is 1. The first-order valence-corrected chi connectivity index (χ1v) is 6.67. The van der Waals surface area contributed by atoms with Crippen molar-refractivity contribution in [2.24, 2.45) is 5.41 Å². The van der Waals surface area contributed by atoms with Gasteiger partial charge >= 0.3 is 5.97 Å². The molecule has 0 spiro atoms. The van der Waals surface area contributed by atoms with Gasteiger partial charge in [-0.3, -0.25) is 9.59 Å². The lowest BCUT2D eigenvalue weighted by atomic mass is 9.82. The van der Waals surface area contributed by atoms with E-state index in [1.54, 1.807) is 19.9 Å². The van der Waals surface area contributed by atoms with Gasteiger partial charge in [0.15, 0.2) is 0 Å². The van der Waals surface area contributed by atoms with E-state index in [9.17, 15) is 19.8 Å². The number of aliphatic carboxylic acids is 1. The van der Waals surface area contributed by atoms with Gasteiger partial charge in [-0.05, 0) is 37.5 Å². The molecule has 0 aliphatic carbocycles. The molecule has 5 heteroatoms. The first-order valence-electron chi connectivity index (χ1n) is 6.67. The molecule has 1 aromatic carbocycles. The number of carboxylic acid groups (broad SMARTS) is 1. The lowest BCUT2D eigenvalue weighted by Gasteiger charge is -2.26. The molecule has 20 heavy (non-hydrogen) atoms. The summed E-state index contributed by atoms with van der Waals surface area (Å²) in [5, 5.41) is 21.6. The number of hydrogen-bond donors (Lipinski definition) is 3. The fourth-order valence-corrected chi connectivity index (χ4v) is 2.06. The highest BCUT2D eigenvalue weighted by Gasteiger charge is 2.35. The van der Waals surface area contributed by atoms with Gasteiger partial charge in [0.2, 0.25) is 0 Å². The molecule has 0 radical (unpaired) electrons. The molecule has 0 aliphatic rings. The van der Waals surface area contributed by atoms with Gasteiger partial charge in [0.1, 0.15) is 5.75 Å². The minimum atomic E-state index is -0.962. The third kappa shape index (κ3) is 3.29. The van der Waals surface area contributed by atoms with Crippen LogP contribution in [0.2, 0.25) is 0 Å². The molecule has 0 atom stereocenters. The maximum absolute atomic E-state index is 12.0. The average Bonchev–Trinajstić information content (AvgIpc) is 2.39. The van der Waals surface area contributed by atoms with Crippen molar-refractivity contribution in [3.05, 3.63) is 29.3 Å². The first-order chi connectivity index (χ1) is 9.36. The van der Waals surface area contributed by atoms with Crippen molar-refractivity contribution in [3.63, 3.8) is 0 Å². The number of carbonyl (C=O) groups excluding carboxylic acids is 1. The highest BCUT2D eigenvalue weighted by molar-refractivity contribution is 5.97. The second kappa shape index (κ2) is 6.41. The largest absolute Gasteiger partial charge is 0.507 e. The van der Waals surface area contributed by atoms with Gasteiger partial charge in [-0.1, -0.05) is 19.9 Å². The van der Waals surface area contributed by atoms with E-state index in [0.717, 1.165) is 5.56 Å². The summed E-state index contributed by atoms with van der Waals surface area (Å²) in [4.78, 5) is 23.4. The van der Waals surface area contributed by atoms with Crippen molar-refractivity contribution in [2.75, 3.05) is 6.54 Å². The number of carbonyl (C=O) groups is 2. The lowest BCUT2D eigenvalue weighted by Crippen LogP contribution is -2.42. The molecule has 0 bridgehead atoms. The Balaban J connectivity index is 2.83. The van der Waals surface area contributed by atoms with Crippen molar-refractivity contribution in [2.45, 2.75) is 33.6 Å². The number of aromatic hydroxyl groups is 1. The van der Waals surface area contributed by atoms with E-state index >= 15 is 0 Å². The molecule has 0 fully saturated rings. The van der Waals surface area contributed by atoms with Gasteiger partial charge in [-0.25, -0.2) is 0 Å². The van der Waals surface area contributed by atoms with Crippen LogP contribution in [0.3, 0.4) is 0 Å². The van der Waals surface area contributed by atoms with Crippen LogP contribution in [0.5, 0.6) is 5.75 Å². The van der Waals surface area contributed by atoms with Crippen LogP contribution in [0.25, 0.3) is 0 Å². The molecule has 5 nitrogen and oxygen atoms in total. The highest BCUT2D eigenvalue weighted by atomic mass is 16.4. The Morgan fingerprint density at radius 2 is 1.85 bits per heavy atom. The Morgan fingerprint density at radius 1 is 1.25 bits per heavy atom. The minimum absolute atomic E-state index is 0.0431. The van der Waals surface area contributed by atoms with E-state index in [-0.39, 0.29) is 17.9 Å². The number of aryl methyl sites for hydroxylation is 1. The summed E-state index contributed by atoms with van der Waals surface area (Å²) in [5.41, 5.74) is 0.0406. The number of benzene rings is 1. The lowest BCUT2D eigenvalue weighted by molar-refractivity contribution is -0.149. The molecule has 110 valence electrons. The topological polar surface area (TPSA) is 86.6 Å². The number of phenols is 1. The predicted molar refractivity (Wildman–Crippen MR) is 75.8 cm³/mol. The zero-order valence-electron chi connectivity index (χ0n) is 12.1. The van der Waals surface area contributed by atoms with E-state index in [2.05, 4.69) is 5.32 Å². The maximum Gasteiger partial charge on any atom is 0.311 e. The molecular weight excluding hydrogens is 258 g/mol. The molecule has 0 aromatic heterocycles. The fraction of sp³-hybridized carbons (Fsp3) is 0.467. The number of nitrogens with one attached hydrogen (secondary N) is 1. The van der Waals surface area contributed by atoms with Crippen molar-refractivity contribution >= 4 is 11.9 Å². The summed E-state index contributed by atoms with van der Waals surface area (Å²) in [6.45, 7) is 5.42. The zero-order chi connectivity index (χ0) is 15.3. The van der Waals surface area contributed by atoms with Crippen LogP contribution in [0.4, 0.5) is 0 Å². The summed E-state index contributed by atoms with van der Waals surface area (Å²) in [6.07, 6.45) is 0.859. The fourth-order valence-electron chi connectivity index (χ4n) is 2.06. The monoisotopic (exact) mass is 279 g/mol. The maximum atomic E-state index is 12.0. The van der Waals surface area contributed by atoms with E-state index in [1.165, 1.54) is 12.1 Å². The van der Waals surface area contributed by atoms with Crippen molar-refractivity contribution < 1.29 is 19.8 Å². The third-order valence-corrected chi connectivity index (χ3v) is 3.79. The Labute approximate surface area is 118 Å². The molecule has 1 aromatic rings. The third-order valence-electron chi connectivity index (χ3n) is 3.79. The van der Waals surface area contributed by atoms with Crippen LogP contribution >= 0.6 is 0 Å². The first kappa shape index (κ1) is 16.0. The highest BCUT2D eigenvalue weighted by Crippen LogP contribution is 2.26. The Bertz CT molecular complexity index is 507. The van der Waals surface area contributed by atoms with Gasteiger partial charge in [0, 0.05) is 6.54 Å². The second-order valence-corrected chi connectivity index (χ2v) is 5.00. The molecular formula is C15H21NO4. The smallest absolute Gasteiger partial charge is 0.311 e. The number of hydrogen-bond acceptors (Lipinski definition) is 3. The van der Waals surface area contributed by atoms with Crippen LogP contribution in [-0.4, -0.2) is 28.6 Å². The molecule has 0 saturated carbocycles. The van der Waals surface area contributed by atoms with E-state index in [4.69, 9.17) is 0 Å². The van der Waals surface area contributed by atoms with Crippen LogP contribution in [0, 0.1) is 12.3 Å². The quantitative estimate of drug-likeness (QED) is 0.746. The number of carboxylic acids is 1. The van der Waals surface area contributed by atoms with E-state index in [0.29, 0.717) is 12.8 Å². The normalized spacial score (nSPS) is 11.2. The van der Waals surface area contributed by atoms with Crippen molar-refractivity contribution in [3.8, 4) is 5.75 Å². The molecule has 3 N–H and O–H groups in total. The summed E-state index contributed by atoms with van der Waals surface area (Å²) >= 11 is 0. The van der Waals surface area contributed by atoms with Gasteiger partial charge < -0.3 is 15.5 Å². The van der Waals surface area contributed by atoms with Gasteiger partial charge in [0.25, 0.3) is 5.91 Å². The van der Waals surface area contributed by atoms with Gasteiger partial charge in [-0.15, -0.1) is 0 Å². The minimum Gasteiger partial charge on any atom is -0.507 e. The van der Waals surface area contributed by atoms with Crippen LogP contribution < -0.4 is 5.32 Å². The summed E-state index contributed by atoms with van der Waals surface area (Å²) < 4.78 is 0. The summed E-state index contributed by atoms with van der Waals surface area (Å²) in [7, 11) is 0. The Kier molecular flexibility index (Phi) is 5.13. The van der Waals surface area contributed by atoms with Crippen LogP contribution in [0.15, 0.2) is 18.2 Å². The Morgan fingerprint density at radius 3 is 2.30 bits per heavy atom. The molecule has 0 aliphatic heterocycles. The van der Waals surface area contributed by atoms with Gasteiger partial charge in [-0.2, -0.15) is 0 Å². The standard InChI is InChI=1S/C15H21NO4/c1-4-15(5-2,14(19)20)9-16-13(18)11-7-6-10(3)8-12(11)17/h6-8,17H,4-5,9H2,1-3H3,(H,16,18)(H,19,20). The second-order valence-electron chi connectivity index (χ2n) is 5.00. The van der Waals surface area contributed by atoms with Gasteiger partial charge in [0.05, 0.1) is 11.0 Å². The molecule has 0 unspecified atom stereocenters. The molecule has 1 amide bonds. The van der Waals surface area contributed by atoms with Crippen molar-refractivity contribution in [1.82, 2.24) is 5.32 Å².